The molecule has 0 unspecified atom stereocenters. The fourth-order valence-corrected chi connectivity index (χ4v) is 2.83. The van der Waals surface area contributed by atoms with Crippen LogP contribution >= 0.6 is 0 Å². The van der Waals surface area contributed by atoms with E-state index in [0.29, 0.717) is 6.54 Å². The highest BCUT2D eigenvalue weighted by atomic mass is 32.2. The maximum absolute atomic E-state index is 11.8. The van der Waals surface area contributed by atoms with Gasteiger partial charge in [0, 0.05) is 19.5 Å². The van der Waals surface area contributed by atoms with Crippen LogP contribution in [0.2, 0.25) is 0 Å². The van der Waals surface area contributed by atoms with Crippen molar-refractivity contribution in [2.24, 2.45) is 0 Å². The summed E-state index contributed by atoms with van der Waals surface area (Å²) in [6.07, 6.45) is 2.29. The van der Waals surface area contributed by atoms with Crippen LogP contribution < -0.4 is 0 Å². The summed E-state index contributed by atoms with van der Waals surface area (Å²) in [6, 6.07) is 0. The molecule has 0 aliphatic heterocycles. The first-order chi connectivity index (χ1) is 7.44. The normalized spacial score (nSPS) is 11.6. The summed E-state index contributed by atoms with van der Waals surface area (Å²) < 4.78 is 24.9. The fraction of sp³-hybridized carbons (Fsp3) is 0.700. The predicted molar refractivity (Wildman–Crippen MR) is 62.7 cm³/mol. The molecule has 0 aromatic heterocycles. The Balaban J connectivity index is 4.35. The van der Waals surface area contributed by atoms with Crippen LogP contribution in [0.1, 0.15) is 26.2 Å². The molecular formula is C10H19NO4S. The smallest absolute Gasteiger partial charge is 0.303 e. The first-order valence-electron chi connectivity index (χ1n) is 5.24. The minimum atomic E-state index is -3.34. The van der Waals surface area contributed by atoms with E-state index in [-0.39, 0.29) is 25.1 Å². The molecule has 0 atom stereocenters. The topological polar surface area (TPSA) is 74.7 Å². The number of sulfonamides is 1. The van der Waals surface area contributed by atoms with Crippen LogP contribution in [0.4, 0.5) is 0 Å². The van der Waals surface area contributed by atoms with Crippen molar-refractivity contribution in [1.82, 2.24) is 4.31 Å². The van der Waals surface area contributed by atoms with Gasteiger partial charge < -0.3 is 5.11 Å². The van der Waals surface area contributed by atoms with Gasteiger partial charge in [0.25, 0.3) is 0 Å². The van der Waals surface area contributed by atoms with Crippen molar-refractivity contribution in [3.63, 3.8) is 0 Å². The monoisotopic (exact) mass is 249 g/mol. The number of hydrogen-bond donors (Lipinski definition) is 1. The summed E-state index contributed by atoms with van der Waals surface area (Å²) in [5.41, 5.74) is 0. The molecule has 0 heterocycles. The summed E-state index contributed by atoms with van der Waals surface area (Å²) in [5.74, 6) is -1.09. The van der Waals surface area contributed by atoms with E-state index in [0.717, 1.165) is 6.42 Å². The molecule has 94 valence electrons. The van der Waals surface area contributed by atoms with Gasteiger partial charge in [0.1, 0.15) is 0 Å². The van der Waals surface area contributed by atoms with Gasteiger partial charge in [-0.3, -0.25) is 4.79 Å². The average Bonchev–Trinajstić information content (AvgIpc) is 2.16. The van der Waals surface area contributed by atoms with Crippen molar-refractivity contribution in [3.8, 4) is 0 Å². The third-order valence-electron chi connectivity index (χ3n) is 1.99. The molecule has 0 bridgehead atoms. The highest BCUT2D eigenvalue weighted by Crippen LogP contribution is 2.06. The van der Waals surface area contributed by atoms with E-state index >= 15 is 0 Å². The summed E-state index contributed by atoms with van der Waals surface area (Å²) in [4.78, 5) is 10.3. The minimum Gasteiger partial charge on any atom is -0.481 e. The van der Waals surface area contributed by atoms with Gasteiger partial charge in [0.2, 0.25) is 10.0 Å². The van der Waals surface area contributed by atoms with E-state index in [4.69, 9.17) is 5.11 Å². The number of carboxylic acid groups (broad SMARTS) is 1. The average molecular weight is 249 g/mol. The second kappa shape index (κ2) is 7.40. The van der Waals surface area contributed by atoms with Gasteiger partial charge in [-0.1, -0.05) is 13.0 Å². The Labute approximate surface area is 96.8 Å². The lowest BCUT2D eigenvalue weighted by Gasteiger charge is -2.19. The van der Waals surface area contributed by atoms with Crippen molar-refractivity contribution in [3.05, 3.63) is 12.7 Å². The zero-order valence-electron chi connectivity index (χ0n) is 9.55. The van der Waals surface area contributed by atoms with E-state index < -0.39 is 16.0 Å². The fourth-order valence-electron chi connectivity index (χ4n) is 1.27. The Kier molecular flexibility index (Phi) is 7.00. The minimum absolute atomic E-state index is 0.118. The number of rotatable bonds is 9. The second-order valence-corrected chi connectivity index (χ2v) is 5.55. The van der Waals surface area contributed by atoms with E-state index in [1.165, 1.54) is 10.4 Å². The van der Waals surface area contributed by atoms with Crippen LogP contribution in [0.25, 0.3) is 0 Å². The zero-order chi connectivity index (χ0) is 12.6. The highest BCUT2D eigenvalue weighted by molar-refractivity contribution is 7.89. The summed E-state index contributed by atoms with van der Waals surface area (Å²) in [7, 11) is -3.34. The lowest BCUT2D eigenvalue weighted by atomic mass is 10.3. The van der Waals surface area contributed by atoms with Gasteiger partial charge in [0.15, 0.2) is 0 Å². The molecule has 0 aliphatic rings. The number of aliphatic carboxylic acids is 1. The van der Waals surface area contributed by atoms with Gasteiger partial charge in [0.05, 0.1) is 5.75 Å². The molecule has 5 nitrogen and oxygen atoms in total. The van der Waals surface area contributed by atoms with Crippen LogP contribution in [-0.2, 0) is 14.8 Å². The molecular weight excluding hydrogens is 230 g/mol. The van der Waals surface area contributed by atoms with Crippen LogP contribution in [-0.4, -0.2) is 42.6 Å². The molecule has 1 N–H and O–H groups in total. The summed E-state index contributed by atoms with van der Waals surface area (Å²) in [6.45, 7) is 6.12. The Hall–Kier alpha value is -0.880. The summed E-state index contributed by atoms with van der Waals surface area (Å²) in [5, 5.41) is 8.43. The van der Waals surface area contributed by atoms with E-state index in [2.05, 4.69) is 6.58 Å². The number of hydrogen-bond acceptors (Lipinski definition) is 3. The maximum atomic E-state index is 11.8. The van der Waals surface area contributed by atoms with Gasteiger partial charge >= 0.3 is 5.97 Å². The Bertz CT molecular complexity index is 324. The molecule has 0 aliphatic carbocycles. The van der Waals surface area contributed by atoms with Crippen molar-refractivity contribution in [2.75, 3.05) is 18.8 Å². The van der Waals surface area contributed by atoms with Gasteiger partial charge in [-0.15, -0.1) is 6.58 Å². The van der Waals surface area contributed by atoms with Crippen molar-refractivity contribution >= 4 is 16.0 Å². The number of nitrogens with zero attached hydrogens (tertiary/aromatic N) is 1. The van der Waals surface area contributed by atoms with Crippen LogP contribution in [0.3, 0.4) is 0 Å². The highest BCUT2D eigenvalue weighted by Gasteiger charge is 2.19. The number of carbonyl (C=O) groups is 1. The molecule has 0 saturated heterocycles. The summed E-state index contributed by atoms with van der Waals surface area (Å²) >= 11 is 0. The Morgan fingerprint density at radius 3 is 2.56 bits per heavy atom. The van der Waals surface area contributed by atoms with Crippen molar-refractivity contribution in [2.45, 2.75) is 26.2 Å². The SMILES string of the molecule is C=CCN(CCC)S(=O)(=O)CCCC(=O)O. The predicted octanol–water partition coefficient (Wildman–Crippen LogP) is 1.08. The zero-order valence-corrected chi connectivity index (χ0v) is 10.4. The molecule has 0 amide bonds. The van der Waals surface area contributed by atoms with E-state index in [9.17, 15) is 13.2 Å². The third-order valence-corrected chi connectivity index (χ3v) is 3.92. The molecule has 0 fully saturated rings. The largest absolute Gasteiger partial charge is 0.481 e. The van der Waals surface area contributed by atoms with Gasteiger partial charge in [-0.2, -0.15) is 4.31 Å². The first kappa shape index (κ1) is 15.1. The third kappa shape index (κ3) is 5.87. The lowest BCUT2D eigenvalue weighted by molar-refractivity contribution is -0.137. The second-order valence-electron chi connectivity index (χ2n) is 3.46. The van der Waals surface area contributed by atoms with Crippen LogP contribution in [0, 0.1) is 0 Å². The molecule has 0 radical (unpaired) electrons. The van der Waals surface area contributed by atoms with E-state index in [1.807, 2.05) is 6.92 Å². The molecule has 6 heteroatoms. The molecule has 0 spiro atoms. The first-order valence-corrected chi connectivity index (χ1v) is 6.85. The molecule has 0 saturated carbocycles. The quantitative estimate of drug-likeness (QED) is 0.620. The number of carboxylic acids is 1. The lowest BCUT2D eigenvalue weighted by Crippen LogP contribution is -2.34. The van der Waals surface area contributed by atoms with Crippen molar-refractivity contribution < 1.29 is 18.3 Å². The van der Waals surface area contributed by atoms with E-state index in [1.54, 1.807) is 0 Å². The maximum Gasteiger partial charge on any atom is 0.303 e. The molecule has 16 heavy (non-hydrogen) atoms. The van der Waals surface area contributed by atoms with Gasteiger partial charge in [-0.05, 0) is 12.8 Å². The molecule has 0 aromatic rings. The van der Waals surface area contributed by atoms with Crippen molar-refractivity contribution in [1.29, 1.82) is 0 Å². The Morgan fingerprint density at radius 1 is 1.50 bits per heavy atom. The van der Waals surface area contributed by atoms with Crippen LogP contribution in [0.5, 0.6) is 0 Å². The molecule has 0 aromatic carbocycles. The Morgan fingerprint density at radius 2 is 2.12 bits per heavy atom. The standard InChI is InChI=1S/C10H19NO4S/c1-3-7-11(8-4-2)16(14,15)9-5-6-10(12)13/h3H,1,4-9H2,2H3,(H,12,13). The molecule has 0 rings (SSSR count). The van der Waals surface area contributed by atoms with Crippen LogP contribution in [0.15, 0.2) is 12.7 Å². The van der Waals surface area contributed by atoms with Gasteiger partial charge in [-0.25, -0.2) is 8.42 Å².